The monoisotopic (exact) mass is 310 g/mol. The highest BCUT2D eigenvalue weighted by Crippen LogP contribution is 2.19. The zero-order chi connectivity index (χ0) is 16.2. The van der Waals surface area contributed by atoms with E-state index in [1.165, 1.54) is 0 Å². The molecule has 23 heavy (non-hydrogen) atoms. The molecule has 0 aliphatic carbocycles. The summed E-state index contributed by atoms with van der Waals surface area (Å²) in [5, 5.41) is 16.3. The Balaban J connectivity index is 2.08. The third-order valence-corrected chi connectivity index (χ3v) is 3.49. The molecule has 2 N–H and O–H groups in total. The van der Waals surface area contributed by atoms with Gasteiger partial charge in [0, 0.05) is 18.4 Å². The van der Waals surface area contributed by atoms with E-state index in [4.69, 9.17) is 5.11 Å². The van der Waals surface area contributed by atoms with Crippen molar-refractivity contribution in [1.29, 1.82) is 0 Å². The van der Waals surface area contributed by atoms with Crippen LogP contribution in [0.15, 0.2) is 61.1 Å². The van der Waals surface area contributed by atoms with Crippen molar-refractivity contribution in [3.05, 3.63) is 66.6 Å². The summed E-state index contributed by atoms with van der Waals surface area (Å²) in [6.45, 7) is 1.63. The molecule has 2 aromatic heterocycles. The number of carbonyl (C=O) groups excluding carboxylic acids is 1. The molecule has 3 aromatic rings. The fourth-order valence-electron chi connectivity index (χ4n) is 2.33. The number of benzene rings is 1. The third-order valence-electron chi connectivity index (χ3n) is 3.49. The lowest BCUT2D eigenvalue weighted by molar-refractivity contribution is 0.0922. The number of nitrogens with zero attached hydrogens (tertiary/aromatic N) is 3. The van der Waals surface area contributed by atoms with Crippen LogP contribution in [0.4, 0.5) is 0 Å². The van der Waals surface area contributed by atoms with Gasteiger partial charge in [-0.05, 0) is 31.2 Å². The zero-order valence-electron chi connectivity index (χ0n) is 12.8. The van der Waals surface area contributed by atoms with E-state index >= 15 is 0 Å². The molecule has 0 saturated carbocycles. The van der Waals surface area contributed by atoms with Crippen molar-refractivity contribution in [2.24, 2.45) is 0 Å². The molecule has 1 amide bonds. The van der Waals surface area contributed by atoms with Crippen LogP contribution in [0.5, 0.6) is 0 Å². The summed E-state index contributed by atoms with van der Waals surface area (Å²) in [7, 11) is 0. The Bertz CT molecular complexity index is 778. The SMILES string of the molecule is C[C@@H](CO)NC(=O)c1cnn(-c2ccccc2)c1-n1cccc1. The van der Waals surface area contributed by atoms with E-state index < -0.39 is 0 Å². The van der Waals surface area contributed by atoms with Crippen LogP contribution in [0.3, 0.4) is 0 Å². The number of aliphatic hydroxyl groups is 1. The number of aliphatic hydroxyl groups excluding tert-OH is 1. The highest BCUT2D eigenvalue weighted by atomic mass is 16.3. The van der Waals surface area contributed by atoms with Gasteiger partial charge in [-0.25, -0.2) is 4.68 Å². The summed E-state index contributed by atoms with van der Waals surface area (Å²) < 4.78 is 3.57. The summed E-state index contributed by atoms with van der Waals surface area (Å²) in [4.78, 5) is 12.5. The second-order valence-corrected chi connectivity index (χ2v) is 5.28. The molecule has 0 aliphatic rings. The van der Waals surface area contributed by atoms with Gasteiger partial charge in [0.1, 0.15) is 5.56 Å². The molecule has 0 radical (unpaired) electrons. The lowest BCUT2D eigenvalue weighted by Gasteiger charge is -2.13. The Morgan fingerprint density at radius 1 is 1.22 bits per heavy atom. The molecular weight excluding hydrogens is 292 g/mol. The predicted octanol–water partition coefficient (Wildman–Crippen LogP) is 1.77. The molecule has 1 atom stereocenters. The van der Waals surface area contributed by atoms with Gasteiger partial charge in [-0.1, -0.05) is 18.2 Å². The number of rotatable bonds is 5. The Hall–Kier alpha value is -2.86. The fourth-order valence-corrected chi connectivity index (χ4v) is 2.33. The van der Waals surface area contributed by atoms with Crippen molar-refractivity contribution in [2.75, 3.05) is 6.61 Å². The first-order chi connectivity index (χ1) is 11.2. The molecule has 0 unspecified atom stereocenters. The Labute approximate surface area is 134 Å². The number of hydrogen-bond acceptors (Lipinski definition) is 3. The van der Waals surface area contributed by atoms with E-state index in [9.17, 15) is 4.79 Å². The Morgan fingerprint density at radius 2 is 1.91 bits per heavy atom. The quantitative estimate of drug-likeness (QED) is 0.754. The second-order valence-electron chi connectivity index (χ2n) is 5.28. The number of carbonyl (C=O) groups is 1. The van der Waals surface area contributed by atoms with Gasteiger partial charge in [0.05, 0.1) is 18.5 Å². The topological polar surface area (TPSA) is 72.1 Å². The van der Waals surface area contributed by atoms with Crippen molar-refractivity contribution in [3.8, 4) is 11.5 Å². The molecule has 0 bridgehead atoms. The molecule has 6 heteroatoms. The number of nitrogens with one attached hydrogen (secondary N) is 1. The average molecular weight is 310 g/mol. The predicted molar refractivity (Wildman–Crippen MR) is 86.9 cm³/mol. The van der Waals surface area contributed by atoms with Gasteiger partial charge in [0.2, 0.25) is 0 Å². The molecule has 6 nitrogen and oxygen atoms in total. The van der Waals surface area contributed by atoms with Gasteiger partial charge in [0.25, 0.3) is 5.91 Å². The minimum absolute atomic E-state index is 0.114. The van der Waals surface area contributed by atoms with Gasteiger partial charge in [-0.3, -0.25) is 4.79 Å². The maximum Gasteiger partial charge on any atom is 0.257 e. The van der Waals surface area contributed by atoms with Crippen LogP contribution in [0.2, 0.25) is 0 Å². The van der Waals surface area contributed by atoms with Crippen LogP contribution in [0.25, 0.3) is 11.5 Å². The maximum atomic E-state index is 12.5. The molecule has 1 aromatic carbocycles. The van der Waals surface area contributed by atoms with Crippen LogP contribution in [0, 0.1) is 0 Å². The average Bonchev–Trinajstić information content (AvgIpc) is 3.24. The van der Waals surface area contributed by atoms with Crippen LogP contribution in [-0.2, 0) is 0 Å². The first-order valence-electron chi connectivity index (χ1n) is 7.39. The van der Waals surface area contributed by atoms with E-state index in [1.54, 1.807) is 17.8 Å². The van der Waals surface area contributed by atoms with Crippen LogP contribution in [0.1, 0.15) is 17.3 Å². The zero-order valence-corrected chi connectivity index (χ0v) is 12.8. The maximum absolute atomic E-state index is 12.5. The molecule has 0 saturated heterocycles. The lowest BCUT2D eigenvalue weighted by atomic mass is 10.2. The van der Waals surface area contributed by atoms with Gasteiger partial charge in [-0.2, -0.15) is 5.10 Å². The number of para-hydroxylation sites is 1. The Kier molecular flexibility index (Phi) is 4.25. The van der Waals surface area contributed by atoms with E-state index in [1.807, 2.05) is 59.4 Å². The number of aromatic nitrogens is 3. The van der Waals surface area contributed by atoms with Gasteiger partial charge in [0.15, 0.2) is 5.82 Å². The largest absolute Gasteiger partial charge is 0.394 e. The summed E-state index contributed by atoms with van der Waals surface area (Å²) in [5.41, 5.74) is 1.32. The molecule has 3 rings (SSSR count). The van der Waals surface area contributed by atoms with Crippen LogP contribution < -0.4 is 5.32 Å². The van der Waals surface area contributed by atoms with Gasteiger partial charge in [-0.15, -0.1) is 0 Å². The molecule has 118 valence electrons. The van der Waals surface area contributed by atoms with Gasteiger partial charge < -0.3 is 15.0 Å². The van der Waals surface area contributed by atoms with Gasteiger partial charge >= 0.3 is 0 Å². The molecule has 2 heterocycles. The van der Waals surface area contributed by atoms with E-state index in [2.05, 4.69) is 10.4 Å². The summed E-state index contributed by atoms with van der Waals surface area (Å²) in [5.74, 6) is 0.390. The summed E-state index contributed by atoms with van der Waals surface area (Å²) in [6, 6.07) is 13.1. The lowest BCUT2D eigenvalue weighted by Crippen LogP contribution is -2.35. The smallest absolute Gasteiger partial charge is 0.257 e. The van der Waals surface area contributed by atoms with Crippen molar-refractivity contribution < 1.29 is 9.90 Å². The Morgan fingerprint density at radius 3 is 2.57 bits per heavy atom. The fraction of sp³-hybridized carbons (Fsp3) is 0.176. The summed E-state index contributed by atoms with van der Waals surface area (Å²) >= 11 is 0. The standard InChI is InChI=1S/C17H18N4O2/c1-13(12-22)19-16(23)15-11-18-21(14-7-3-2-4-8-14)17(15)20-9-5-6-10-20/h2-11,13,22H,12H2,1H3,(H,19,23)/t13-/m0/s1. The van der Waals surface area contributed by atoms with E-state index in [-0.39, 0.29) is 18.6 Å². The van der Waals surface area contributed by atoms with Crippen molar-refractivity contribution in [1.82, 2.24) is 19.7 Å². The second kappa shape index (κ2) is 6.50. The summed E-state index contributed by atoms with van der Waals surface area (Å²) in [6.07, 6.45) is 5.27. The molecule has 0 fully saturated rings. The van der Waals surface area contributed by atoms with E-state index in [0.717, 1.165) is 5.69 Å². The first-order valence-corrected chi connectivity index (χ1v) is 7.39. The third kappa shape index (κ3) is 3.02. The first kappa shape index (κ1) is 15.1. The van der Waals surface area contributed by atoms with Crippen molar-refractivity contribution in [3.63, 3.8) is 0 Å². The molecule has 0 aliphatic heterocycles. The van der Waals surface area contributed by atoms with Crippen molar-refractivity contribution >= 4 is 5.91 Å². The van der Waals surface area contributed by atoms with Crippen LogP contribution in [-0.4, -0.2) is 38.0 Å². The van der Waals surface area contributed by atoms with Crippen molar-refractivity contribution in [2.45, 2.75) is 13.0 Å². The normalized spacial score (nSPS) is 12.1. The number of amides is 1. The highest BCUT2D eigenvalue weighted by Gasteiger charge is 2.20. The minimum Gasteiger partial charge on any atom is -0.394 e. The van der Waals surface area contributed by atoms with Crippen LogP contribution >= 0.6 is 0 Å². The highest BCUT2D eigenvalue weighted by molar-refractivity contribution is 5.97. The molecular formula is C17H18N4O2. The van der Waals surface area contributed by atoms with E-state index in [0.29, 0.717) is 11.4 Å². The number of hydrogen-bond donors (Lipinski definition) is 2. The molecule has 0 spiro atoms. The minimum atomic E-state index is -0.319.